The van der Waals surface area contributed by atoms with Gasteiger partial charge in [0.1, 0.15) is 0 Å². The lowest BCUT2D eigenvalue weighted by molar-refractivity contribution is 0.0951. The van der Waals surface area contributed by atoms with Gasteiger partial charge in [-0.25, -0.2) is 0 Å². The highest BCUT2D eigenvalue weighted by Gasteiger charge is 2.13. The van der Waals surface area contributed by atoms with Gasteiger partial charge in [-0.2, -0.15) is 5.10 Å². The maximum absolute atomic E-state index is 12.5. The van der Waals surface area contributed by atoms with Crippen LogP contribution in [0.1, 0.15) is 15.9 Å². The van der Waals surface area contributed by atoms with Gasteiger partial charge in [0.2, 0.25) is 0 Å². The maximum Gasteiger partial charge on any atom is 0.251 e. The van der Waals surface area contributed by atoms with Gasteiger partial charge in [0.15, 0.2) is 5.82 Å². The van der Waals surface area contributed by atoms with Crippen LogP contribution in [0.25, 0.3) is 10.9 Å². The average Bonchev–Trinajstić information content (AvgIpc) is 3.08. The summed E-state index contributed by atoms with van der Waals surface area (Å²) in [5, 5.41) is 12.4. The Balaban J connectivity index is 1.70. The van der Waals surface area contributed by atoms with E-state index in [1.54, 1.807) is 24.3 Å². The zero-order chi connectivity index (χ0) is 20.3. The van der Waals surface area contributed by atoms with Crippen molar-refractivity contribution >= 4 is 45.8 Å². The molecule has 0 atom stereocenters. The van der Waals surface area contributed by atoms with E-state index in [9.17, 15) is 4.79 Å². The minimum atomic E-state index is -0.176. The Labute approximate surface area is 174 Å². The number of H-pyrrole nitrogens is 1. The van der Waals surface area contributed by atoms with Crippen molar-refractivity contribution in [3.8, 4) is 0 Å². The number of hydrogen-bond acceptors (Lipinski definition) is 4. The van der Waals surface area contributed by atoms with Crippen LogP contribution in [0, 0.1) is 0 Å². The highest BCUT2D eigenvalue weighted by Crippen LogP contribution is 2.24. The molecule has 3 rings (SSSR count). The summed E-state index contributed by atoms with van der Waals surface area (Å²) in [6, 6.07) is 10.8. The molecule has 6 nitrogen and oxygen atoms in total. The predicted octanol–water partition coefficient (Wildman–Crippen LogP) is 3.80. The first-order valence-electron chi connectivity index (χ1n) is 8.91. The highest BCUT2D eigenvalue weighted by atomic mass is 35.5. The number of aromatic nitrogens is 2. The molecule has 148 valence electrons. The monoisotopic (exact) mass is 419 g/mol. The molecule has 0 aliphatic rings. The third kappa shape index (κ3) is 4.76. The Hall–Kier alpha value is -2.28. The van der Waals surface area contributed by atoms with Crippen LogP contribution in [0.3, 0.4) is 0 Å². The van der Waals surface area contributed by atoms with Crippen LogP contribution >= 0.6 is 23.2 Å². The number of nitrogens with zero attached hydrogens (tertiary/aromatic N) is 3. The number of nitrogens with one attached hydrogen (secondary N) is 2. The number of anilines is 1. The van der Waals surface area contributed by atoms with Gasteiger partial charge in [-0.15, -0.1) is 0 Å². The van der Waals surface area contributed by atoms with Crippen molar-refractivity contribution in [3.05, 3.63) is 57.6 Å². The molecule has 8 heteroatoms. The first-order chi connectivity index (χ1) is 13.3. The second-order valence-electron chi connectivity index (χ2n) is 6.95. The second kappa shape index (κ2) is 8.82. The van der Waals surface area contributed by atoms with E-state index in [4.69, 9.17) is 23.2 Å². The molecule has 28 heavy (non-hydrogen) atoms. The second-order valence-corrected chi connectivity index (χ2v) is 7.79. The predicted molar refractivity (Wildman–Crippen MR) is 116 cm³/mol. The summed E-state index contributed by atoms with van der Waals surface area (Å²) in [5.74, 6) is 0.696. The number of halogens is 2. The fourth-order valence-electron chi connectivity index (χ4n) is 2.84. The summed E-state index contributed by atoms with van der Waals surface area (Å²) >= 11 is 12.1. The van der Waals surface area contributed by atoms with E-state index in [1.807, 2.05) is 33.3 Å². The molecular weight excluding hydrogens is 397 g/mol. The Morgan fingerprint density at radius 1 is 1.11 bits per heavy atom. The quantitative estimate of drug-likeness (QED) is 0.611. The largest absolute Gasteiger partial charge is 0.356 e. The van der Waals surface area contributed by atoms with Crippen LogP contribution in [-0.2, 0) is 6.54 Å². The number of rotatable bonds is 7. The fourth-order valence-corrected chi connectivity index (χ4v) is 3.31. The standard InChI is InChI=1S/C20H23Cl2N5O/c1-26(2)8-9-27(3)19-16-7-5-13(10-18(16)24-25-19)20(28)23-12-14-4-6-15(21)11-17(14)22/h4-7,10-11H,8-9,12H2,1-3H3,(H,23,28)(H,24,25). The third-order valence-electron chi connectivity index (χ3n) is 4.50. The van der Waals surface area contributed by atoms with Gasteiger partial charge < -0.3 is 15.1 Å². The number of aromatic amines is 1. The van der Waals surface area contributed by atoms with Crippen molar-refractivity contribution in [2.24, 2.45) is 0 Å². The molecule has 0 radical (unpaired) electrons. The van der Waals surface area contributed by atoms with Gasteiger partial charge >= 0.3 is 0 Å². The van der Waals surface area contributed by atoms with E-state index in [-0.39, 0.29) is 5.91 Å². The lowest BCUT2D eigenvalue weighted by atomic mass is 10.1. The smallest absolute Gasteiger partial charge is 0.251 e. The zero-order valence-corrected chi connectivity index (χ0v) is 17.6. The van der Waals surface area contributed by atoms with E-state index in [0.29, 0.717) is 22.2 Å². The van der Waals surface area contributed by atoms with Crippen molar-refractivity contribution < 1.29 is 4.79 Å². The van der Waals surface area contributed by atoms with Crippen molar-refractivity contribution in [1.82, 2.24) is 20.4 Å². The van der Waals surface area contributed by atoms with E-state index in [1.165, 1.54) is 0 Å². The summed E-state index contributed by atoms with van der Waals surface area (Å²) < 4.78 is 0. The lowest BCUT2D eigenvalue weighted by Gasteiger charge is -2.19. The molecule has 0 saturated carbocycles. The van der Waals surface area contributed by atoms with E-state index >= 15 is 0 Å². The van der Waals surface area contributed by atoms with E-state index in [2.05, 4.69) is 25.3 Å². The molecule has 0 fully saturated rings. The molecule has 0 unspecified atom stereocenters. The van der Waals surface area contributed by atoms with Crippen LogP contribution < -0.4 is 10.2 Å². The highest BCUT2D eigenvalue weighted by molar-refractivity contribution is 6.35. The molecule has 2 N–H and O–H groups in total. The Bertz CT molecular complexity index is 986. The molecule has 0 spiro atoms. The number of carbonyl (C=O) groups excluding carboxylic acids is 1. The molecule has 2 aromatic carbocycles. The normalized spacial score (nSPS) is 11.2. The SMILES string of the molecule is CN(C)CCN(C)c1n[nH]c2cc(C(=O)NCc3ccc(Cl)cc3Cl)ccc12. The number of carbonyl (C=O) groups is 1. The molecule has 0 saturated heterocycles. The molecule has 1 aromatic heterocycles. The van der Waals surface area contributed by atoms with Crippen molar-refractivity contribution in [2.75, 3.05) is 39.1 Å². The molecular formula is C20H23Cl2N5O. The first-order valence-corrected chi connectivity index (χ1v) is 9.67. The van der Waals surface area contributed by atoms with Crippen molar-refractivity contribution in [1.29, 1.82) is 0 Å². The summed E-state index contributed by atoms with van der Waals surface area (Å²) in [5.41, 5.74) is 2.19. The summed E-state index contributed by atoms with van der Waals surface area (Å²) in [4.78, 5) is 16.8. The molecule has 0 aliphatic carbocycles. The van der Waals surface area contributed by atoms with Crippen molar-refractivity contribution in [2.45, 2.75) is 6.54 Å². The summed E-state index contributed by atoms with van der Waals surface area (Å²) in [7, 11) is 6.09. The van der Waals surface area contributed by atoms with Crippen LogP contribution in [0.2, 0.25) is 10.0 Å². The Morgan fingerprint density at radius 3 is 2.61 bits per heavy atom. The maximum atomic E-state index is 12.5. The number of fused-ring (bicyclic) bond motifs is 1. The van der Waals surface area contributed by atoms with Crippen LogP contribution in [0.15, 0.2) is 36.4 Å². The van der Waals surface area contributed by atoms with Gasteiger partial charge in [0, 0.05) is 47.7 Å². The average molecular weight is 420 g/mol. The van der Waals surface area contributed by atoms with Gasteiger partial charge in [0.25, 0.3) is 5.91 Å². The molecule has 1 amide bonds. The molecule has 1 heterocycles. The van der Waals surface area contributed by atoms with Crippen molar-refractivity contribution in [3.63, 3.8) is 0 Å². The van der Waals surface area contributed by atoms with E-state index < -0.39 is 0 Å². The fraction of sp³-hybridized carbons (Fsp3) is 0.300. The number of likely N-dealkylation sites (N-methyl/N-ethyl adjacent to an activating group) is 2. The summed E-state index contributed by atoms with van der Waals surface area (Å²) in [6.07, 6.45) is 0. The van der Waals surface area contributed by atoms with Gasteiger partial charge in [-0.3, -0.25) is 9.89 Å². The lowest BCUT2D eigenvalue weighted by Crippen LogP contribution is -2.28. The Morgan fingerprint density at radius 2 is 1.89 bits per heavy atom. The number of hydrogen-bond donors (Lipinski definition) is 2. The topological polar surface area (TPSA) is 64.3 Å². The van der Waals surface area contributed by atoms with Gasteiger partial charge in [-0.05, 0) is 50.0 Å². The zero-order valence-electron chi connectivity index (χ0n) is 16.1. The number of benzene rings is 2. The molecule has 3 aromatic rings. The minimum Gasteiger partial charge on any atom is -0.356 e. The molecule has 0 bridgehead atoms. The first kappa shape index (κ1) is 20.5. The number of amides is 1. The van der Waals surface area contributed by atoms with Crippen LogP contribution in [0.5, 0.6) is 0 Å². The molecule has 0 aliphatic heterocycles. The van der Waals surface area contributed by atoms with Crippen LogP contribution in [0.4, 0.5) is 5.82 Å². The summed E-state index contributed by atoms with van der Waals surface area (Å²) in [6.45, 7) is 2.12. The minimum absolute atomic E-state index is 0.176. The van der Waals surface area contributed by atoms with Gasteiger partial charge in [-0.1, -0.05) is 29.3 Å². The van der Waals surface area contributed by atoms with Gasteiger partial charge in [0.05, 0.1) is 5.52 Å². The Kier molecular flexibility index (Phi) is 6.44. The van der Waals surface area contributed by atoms with Crippen LogP contribution in [-0.4, -0.2) is 55.2 Å². The third-order valence-corrected chi connectivity index (χ3v) is 5.09. The van der Waals surface area contributed by atoms with E-state index in [0.717, 1.165) is 35.4 Å².